The van der Waals surface area contributed by atoms with Gasteiger partial charge in [0.25, 0.3) is 0 Å². The van der Waals surface area contributed by atoms with Crippen LogP contribution in [-0.4, -0.2) is 17.6 Å². The van der Waals surface area contributed by atoms with Crippen molar-refractivity contribution in [3.63, 3.8) is 0 Å². The third kappa shape index (κ3) is 3.35. The van der Waals surface area contributed by atoms with Crippen molar-refractivity contribution in [1.82, 2.24) is 4.98 Å². The molecule has 1 fully saturated rings. The van der Waals surface area contributed by atoms with E-state index in [1.807, 2.05) is 18.2 Å². The topological polar surface area (TPSA) is 39.2 Å². The van der Waals surface area contributed by atoms with E-state index in [-0.39, 0.29) is 11.9 Å². The number of aryl methyl sites for hydroxylation is 1. The molecule has 1 saturated carbocycles. The molecular weight excluding hydrogens is 190 g/mol. The van der Waals surface area contributed by atoms with Gasteiger partial charge in [-0.05, 0) is 37.8 Å². The number of ether oxygens (including phenoxy) is 1. The number of carbonyl (C=O) groups is 1. The maximum absolute atomic E-state index is 11.2. The van der Waals surface area contributed by atoms with Gasteiger partial charge in [-0.15, -0.1) is 0 Å². The van der Waals surface area contributed by atoms with E-state index in [2.05, 4.69) is 4.98 Å². The highest BCUT2D eigenvalue weighted by atomic mass is 16.5. The zero-order valence-electron chi connectivity index (χ0n) is 8.69. The Kier molecular flexibility index (Phi) is 3.33. The summed E-state index contributed by atoms with van der Waals surface area (Å²) in [6.45, 7) is 0.520. The first-order valence-corrected chi connectivity index (χ1v) is 5.43. The zero-order valence-corrected chi connectivity index (χ0v) is 8.69. The SMILES string of the molecule is O=C(OCCCc1ccccn1)C1CC1. The van der Waals surface area contributed by atoms with Gasteiger partial charge >= 0.3 is 5.97 Å². The molecule has 0 N–H and O–H groups in total. The van der Waals surface area contributed by atoms with E-state index in [4.69, 9.17) is 4.74 Å². The molecule has 0 unspecified atom stereocenters. The molecule has 1 aliphatic carbocycles. The first-order valence-electron chi connectivity index (χ1n) is 5.43. The second kappa shape index (κ2) is 4.91. The summed E-state index contributed by atoms with van der Waals surface area (Å²) in [6, 6.07) is 5.86. The molecule has 2 rings (SSSR count). The molecule has 0 aromatic carbocycles. The quantitative estimate of drug-likeness (QED) is 0.545. The van der Waals surface area contributed by atoms with Crippen LogP contribution in [0.5, 0.6) is 0 Å². The molecule has 0 atom stereocenters. The molecule has 0 bridgehead atoms. The third-order valence-electron chi connectivity index (χ3n) is 2.46. The second-order valence-corrected chi connectivity index (χ2v) is 3.87. The van der Waals surface area contributed by atoms with Crippen molar-refractivity contribution in [3.8, 4) is 0 Å². The molecule has 80 valence electrons. The Bertz CT molecular complexity index is 320. The molecule has 3 heteroatoms. The van der Waals surface area contributed by atoms with Crippen molar-refractivity contribution in [3.05, 3.63) is 30.1 Å². The zero-order chi connectivity index (χ0) is 10.5. The predicted molar refractivity (Wildman–Crippen MR) is 56.2 cm³/mol. The maximum atomic E-state index is 11.2. The van der Waals surface area contributed by atoms with Crippen LogP contribution in [0.4, 0.5) is 0 Å². The Morgan fingerprint density at radius 3 is 3.00 bits per heavy atom. The number of hydrogen-bond donors (Lipinski definition) is 0. The summed E-state index contributed by atoms with van der Waals surface area (Å²) in [6.07, 6.45) is 5.54. The molecule has 1 heterocycles. The fourth-order valence-corrected chi connectivity index (χ4v) is 1.41. The Morgan fingerprint density at radius 1 is 1.47 bits per heavy atom. The average Bonchev–Trinajstić information content (AvgIpc) is 3.09. The monoisotopic (exact) mass is 205 g/mol. The van der Waals surface area contributed by atoms with E-state index >= 15 is 0 Å². The van der Waals surface area contributed by atoms with Crippen LogP contribution in [-0.2, 0) is 16.0 Å². The Morgan fingerprint density at radius 2 is 2.33 bits per heavy atom. The molecule has 0 saturated heterocycles. The molecular formula is C12H15NO2. The van der Waals surface area contributed by atoms with Crippen molar-refractivity contribution < 1.29 is 9.53 Å². The lowest BCUT2D eigenvalue weighted by Crippen LogP contribution is -2.08. The van der Waals surface area contributed by atoms with E-state index < -0.39 is 0 Å². The number of rotatable bonds is 5. The van der Waals surface area contributed by atoms with Gasteiger partial charge in [0.15, 0.2) is 0 Å². The average molecular weight is 205 g/mol. The Balaban J connectivity index is 1.60. The van der Waals surface area contributed by atoms with Gasteiger partial charge < -0.3 is 4.74 Å². The van der Waals surface area contributed by atoms with E-state index in [0.29, 0.717) is 6.61 Å². The summed E-state index contributed by atoms with van der Waals surface area (Å²) >= 11 is 0. The smallest absolute Gasteiger partial charge is 0.308 e. The van der Waals surface area contributed by atoms with Crippen molar-refractivity contribution >= 4 is 5.97 Å². The van der Waals surface area contributed by atoms with Gasteiger partial charge in [-0.3, -0.25) is 9.78 Å². The van der Waals surface area contributed by atoms with Crippen LogP contribution in [0, 0.1) is 5.92 Å². The van der Waals surface area contributed by atoms with Crippen LogP contribution in [0.2, 0.25) is 0 Å². The van der Waals surface area contributed by atoms with Crippen LogP contribution in [0.1, 0.15) is 25.0 Å². The molecule has 0 radical (unpaired) electrons. The van der Waals surface area contributed by atoms with Gasteiger partial charge in [0, 0.05) is 11.9 Å². The number of esters is 1. The van der Waals surface area contributed by atoms with Gasteiger partial charge in [-0.2, -0.15) is 0 Å². The van der Waals surface area contributed by atoms with Crippen LogP contribution >= 0.6 is 0 Å². The van der Waals surface area contributed by atoms with Crippen LogP contribution in [0.3, 0.4) is 0 Å². The molecule has 1 aromatic rings. The number of nitrogens with zero attached hydrogens (tertiary/aromatic N) is 1. The third-order valence-corrected chi connectivity index (χ3v) is 2.46. The fraction of sp³-hybridized carbons (Fsp3) is 0.500. The summed E-state index contributed by atoms with van der Waals surface area (Å²) in [7, 11) is 0. The van der Waals surface area contributed by atoms with Gasteiger partial charge in [-0.25, -0.2) is 0 Å². The predicted octanol–water partition coefficient (Wildman–Crippen LogP) is 1.97. The molecule has 15 heavy (non-hydrogen) atoms. The van der Waals surface area contributed by atoms with Crippen molar-refractivity contribution in [2.24, 2.45) is 5.92 Å². The lowest BCUT2D eigenvalue weighted by Gasteiger charge is -2.03. The lowest BCUT2D eigenvalue weighted by molar-refractivity contribution is -0.145. The molecule has 0 amide bonds. The largest absolute Gasteiger partial charge is 0.465 e. The summed E-state index contributed by atoms with van der Waals surface area (Å²) < 4.78 is 5.12. The normalized spacial score (nSPS) is 14.9. The number of hydrogen-bond acceptors (Lipinski definition) is 3. The number of aromatic nitrogens is 1. The van der Waals surface area contributed by atoms with Gasteiger partial charge in [0.1, 0.15) is 0 Å². The molecule has 3 nitrogen and oxygen atoms in total. The highest BCUT2D eigenvalue weighted by molar-refractivity contribution is 5.74. The molecule has 0 aliphatic heterocycles. The van der Waals surface area contributed by atoms with E-state index in [1.165, 1.54) is 0 Å². The maximum Gasteiger partial charge on any atom is 0.308 e. The first-order chi connectivity index (χ1) is 7.36. The van der Waals surface area contributed by atoms with Crippen LogP contribution in [0.25, 0.3) is 0 Å². The second-order valence-electron chi connectivity index (χ2n) is 3.87. The number of carbonyl (C=O) groups excluding carboxylic acids is 1. The Labute approximate surface area is 89.5 Å². The first kappa shape index (κ1) is 10.1. The summed E-state index contributed by atoms with van der Waals surface area (Å²) in [5.74, 6) is 0.191. The summed E-state index contributed by atoms with van der Waals surface area (Å²) in [5.41, 5.74) is 1.06. The van der Waals surface area contributed by atoms with Crippen molar-refractivity contribution in [2.45, 2.75) is 25.7 Å². The molecule has 1 aromatic heterocycles. The summed E-state index contributed by atoms with van der Waals surface area (Å²) in [4.78, 5) is 15.4. The fourth-order valence-electron chi connectivity index (χ4n) is 1.41. The van der Waals surface area contributed by atoms with Crippen molar-refractivity contribution in [2.75, 3.05) is 6.61 Å². The highest BCUT2D eigenvalue weighted by Crippen LogP contribution is 2.30. The van der Waals surface area contributed by atoms with Gasteiger partial charge in [0.2, 0.25) is 0 Å². The minimum absolute atomic E-state index is 0.0176. The lowest BCUT2D eigenvalue weighted by atomic mass is 10.2. The van der Waals surface area contributed by atoms with E-state index in [9.17, 15) is 4.79 Å². The van der Waals surface area contributed by atoms with Gasteiger partial charge in [0.05, 0.1) is 12.5 Å². The standard InChI is InChI=1S/C12H15NO2/c14-12(10-6-7-10)15-9-3-5-11-4-1-2-8-13-11/h1-2,4,8,10H,3,5-7,9H2. The van der Waals surface area contributed by atoms with Crippen molar-refractivity contribution in [1.29, 1.82) is 0 Å². The minimum Gasteiger partial charge on any atom is -0.465 e. The number of pyridine rings is 1. The molecule has 0 spiro atoms. The van der Waals surface area contributed by atoms with Gasteiger partial charge in [-0.1, -0.05) is 6.07 Å². The molecule has 1 aliphatic rings. The Hall–Kier alpha value is -1.38. The van der Waals surface area contributed by atoms with Crippen LogP contribution in [0.15, 0.2) is 24.4 Å². The highest BCUT2D eigenvalue weighted by Gasteiger charge is 2.30. The van der Waals surface area contributed by atoms with E-state index in [1.54, 1.807) is 6.20 Å². The minimum atomic E-state index is -0.0176. The summed E-state index contributed by atoms with van der Waals surface area (Å²) in [5, 5.41) is 0. The van der Waals surface area contributed by atoms with E-state index in [0.717, 1.165) is 31.4 Å². The van der Waals surface area contributed by atoms with Crippen LogP contribution < -0.4 is 0 Å².